The molecule has 1 rings (SSSR count). The van der Waals surface area contributed by atoms with Gasteiger partial charge in [0.1, 0.15) is 5.78 Å². The van der Waals surface area contributed by atoms with Crippen LogP contribution in [-0.2, 0) is 4.79 Å². The Morgan fingerprint density at radius 3 is 2.60 bits per heavy atom. The molecule has 0 heterocycles. The standard InChI is InChI=1S/C14H24O/c1-6-9-14(5)10-11(13(2,3)4)7-8-12(14)15/h6,11H,1,7-10H2,2-5H3/t11-,14-/m1/s1. The van der Waals surface area contributed by atoms with Crippen molar-refractivity contribution in [3.63, 3.8) is 0 Å². The van der Waals surface area contributed by atoms with Gasteiger partial charge in [-0.2, -0.15) is 0 Å². The number of hydrogen-bond donors (Lipinski definition) is 0. The lowest BCUT2D eigenvalue weighted by Crippen LogP contribution is -2.39. The van der Waals surface area contributed by atoms with Crippen LogP contribution in [0.2, 0.25) is 0 Å². The number of ketones is 1. The first kappa shape index (κ1) is 12.5. The first-order valence-corrected chi connectivity index (χ1v) is 5.94. The first-order chi connectivity index (χ1) is 6.79. The molecule has 86 valence electrons. The molecule has 1 fully saturated rings. The van der Waals surface area contributed by atoms with Crippen LogP contribution >= 0.6 is 0 Å². The Kier molecular flexibility index (Phi) is 3.42. The van der Waals surface area contributed by atoms with E-state index in [9.17, 15) is 4.79 Å². The fourth-order valence-corrected chi connectivity index (χ4v) is 2.62. The number of rotatable bonds is 2. The SMILES string of the molecule is C=CC[C@]1(C)C[C@H](C(C)(C)C)CCC1=O. The van der Waals surface area contributed by atoms with Crippen LogP contribution in [0.5, 0.6) is 0 Å². The molecule has 1 aliphatic carbocycles. The van der Waals surface area contributed by atoms with E-state index in [1.165, 1.54) is 0 Å². The number of allylic oxidation sites excluding steroid dienone is 1. The molecule has 0 bridgehead atoms. The molecule has 15 heavy (non-hydrogen) atoms. The quantitative estimate of drug-likeness (QED) is 0.627. The third-order valence-corrected chi connectivity index (χ3v) is 3.91. The maximum atomic E-state index is 11.9. The number of carbonyl (C=O) groups is 1. The zero-order chi connectivity index (χ0) is 11.7. The van der Waals surface area contributed by atoms with Gasteiger partial charge in [0, 0.05) is 11.8 Å². The fourth-order valence-electron chi connectivity index (χ4n) is 2.62. The van der Waals surface area contributed by atoms with E-state index in [-0.39, 0.29) is 5.41 Å². The highest BCUT2D eigenvalue weighted by Crippen LogP contribution is 2.45. The van der Waals surface area contributed by atoms with Gasteiger partial charge in [0.15, 0.2) is 0 Å². The zero-order valence-electron chi connectivity index (χ0n) is 10.6. The minimum Gasteiger partial charge on any atom is -0.299 e. The summed E-state index contributed by atoms with van der Waals surface area (Å²) in [6.45, 7) is 12.7. The summed E-state index contributed by atoms with van der Waals surface area (Å²) in [4.78, 5) is 11.9. The maximum Gasteiger partial charge on any atom is 0.139 e. The van der Waals surface area contributed by atoms with Crippen LogP contribution in [0.4, 0.5) is 0 Å². The van der Waals surface area contributed by atoms with Crippen molar-refractivity contribution in [2.24, 2.45) is 16.7 Å². The van der Waals surface area contributed by atoms with Crippen LogP contribution in [0.1, 0.15) is 53.4 Å². The molecule has 1 nitrogen and oxygen atoms in total. The summed E-state index contributed by atoms with van der Waals surface area (Å²) in [6, 6.07) is 0. The number of hydrogen-bond acceptors (Lipinski definition) is 1. The normalized spacial score (nSPS) is 32.8. The topological polar surface area (TPSA) is 17.1 Å². The second-order valence-electron chi connectivity index (χ2n) is 6.28. The van der Waals surface area contributed by atoms with Crippen molar-refractivity contribution in [3.05, 3.63) is 12.7 Å². The summed E-state index contributed by atoms with van der Waals surface area (Å²) in [5.74, 6) is 1.10. The van der Waals surface area contributed by atoms with Crippen LogP contribution < -0.4 is 0 Å². The van der Waals surface area contributed by atoms with Crippen molar-refractivity contribution in [1.29, 1.82) is 0 Å². The smallest absolute Gasteiger partial charge is 0.139 e. The average Bonchev–Trinajstić information content (AvgIpc) is 2.08. The van der Waals surface area contributed by atoms with Crippen LogP contribution in [0.15, 0.2) is 12.7 Å². The lowest BCUT2D eigenvalue weighted by Gasteiger charge is -2.42. The molecule has 0 unspecified atom stereocenters. The maximum absolute atomic E-state index is 11.9. The summed E-state index contributed by atoms with van der Waals surface area (Å²) in [5, 5.41) is 0. The van der Waals surface area contributed by atoms with Gasteiger partial charge in [-0.3, -0.25) is 4.79 Å². The minimum atomic E-state index is -0.141. The van der Waals surface area contributed by atoms with Gasteiger partial charge >= 0.3 is 0 Å². The van der Waals surface area contributed by atoms with Crippen molar-refractivity contribution in [1.82, 2.24) is 0 Å². The van der Waals surface area contributed by atoms with Crippen molar-refractivity contribution in [2.45, 2.75) is 53.4 Å². The Labute approximate surface area is 93.9 Å². The summed E-state index contributed by atoms with van der Waals surface area (Å²) in [7, 11) is 0. The molecule has 0 radical (unpaired) electrons. The lowest BCUT2D eigenvalue weighted by molar-refractivity contribution is -0.133. The van der Waals surface area contributed by atoms with E-state index in [1.54, 1.807) is 0 Å². The van der Waals surface area contributed by atoms with Crippen molar-refractivity contribution >= 4 is 5.78 Å². The van der Waals surface area contributed by atoms with Crippen molar-refractivity contribution in [3.8, 4) is 0 Å². The molecule has 0 spiro atoms. The molecule has 0 amide bonds. The summed E-state index contributed by atoms with van der Waals surface area (Å²) in [6.07, 6.45) is 5.57. The molecule has 0 aromatic rings. The Morgan fingerprint density at radius 2 is 2.13 bits per heavy atom. The summed E-state index contributed by atoms with van der Waals surface area (Å²) >= 11 is 0. The van der Waals surface area contributed by atoms with E-state index in [1.807, 2.05) is 6.08 Å². The molecule has 0 saturated heterocycles. The van der Waals surface area contributed by atoms with Gasteiger partial charge in [0.25, 0.3) is 0 Å². The van der Waals surface area contributed by atoms with Gasteiger partial charge in [-0.05, 0) is 30.6 Å². The Hall–Kier alpha value is -0.590. The lowest BCUT2D eigenvalue weighted by atomic mass is 9.62. The monoisotopic (exact) mass is 208 g/mol. The van der Waals surface area contributed by atoms with E-state index in [0.29, 0.717) is 17.1 Å². The first-order valence-electron chi connectivity index (χ1n) is 5.94. The zero-order valence-corrected chi connectivity index (χ0v) is 10.6. The fraction of sp³-hybridized carbons (Fsp3) is 0.786. The minimum absolute atomic E-state index is 0.141. The van der Waals surface area contributed by atoms with Crippen LogP contribution in [0.3, 0.4) is 0 Å². The highest BCUT2D eigenvalue weighted by Gasteiger charge is 2.41. The molecular weight excluding hydrogens is 184 g/mol. The molecule has 2 atom stereocenters. The largest absolute Gasteiger partial charge is 0.299 e. The highest BCUT2D eigenvalue weighted by atomic mass is 16.1. The Morgan fingerprint density at radius 1 is 1.53 bits per heavy atom. The van der Waals surface area contributed by atoms with Crippen LogP contribution in [-0.4, -0.2) is 5.78 Å². The van der Waals surface area contributed by atoms with Crippen molar-refractivity contribution in [2.75, 3.05) is 0 Å². The molecule has 1 saturated carbocycles. The Bertz CT molecular complexity index is 259. The van der Waals surface area contributed by atoms with Crippen molar-refractivity contribution < 1.29 is 4.79 Å². The third-order valence-electron chi connectivity index (χ3n) is 3.91. The van der Waals surface area contributed by atoms with E-state index < -0.39 is 0 Å². The van der Waals surface area contributed by atoms with E-state index >= 15 is 0 Å². The highest BCUT2D eigenvalue weighted by molar-refractivity contribution is 5.85. The molecular formula is C14H24O. The van der Waals surface area contributed by atoms with Gasteiger partial charge in [0.05, 0.1) is 0 Å². The molecule has 1 aliphatic rings. The predicted octanol–water partition coefficient (Wildman–Crippen LogP) is 3.98. The van der Waals surface area contributed by atoms with Gasteiger partial charge in [-0.25, -0.2) is 0 Å². The molecule has 0 aromatic heterocycles. The second kappa shape index (κ2) is 4.11. The molecule has 0 aromatic carbocycles. The van der Waals surface area contributed by atoms with Gasteiger partial charge in [-0.1, -0.05) is 33.8 Å². The Balaban J connectivity index is 2.80. The molecule has 0 aliphatic heterocycles. The number of carbonyl (C=O) groups excluding carboxylic acids is 1. The third kappa shape index (κ3) is 2.70. The van der Waals surface area contributed by atoms with Gasteiger partial charge in [-0.15, -0.1) is 6.58 Å². The van der Waals surface area contributed by atoms with E-state index in [2.05, 4.69) is 34.3 Å². The average molecular weight is 208 g/mol. The number of Topliss-reactive ketones (excluding diaryl/α,β-unsaturated/α-hetero) is 1. The second-order valence-corrected chi connectivity index (χ2v) is 6.28. The van der Waals surface area contributed by atoms with E-state index in [4.69, 9.17) is 0 Å². The summed E-state index contributed by atoms with van der Waals surface area (Å²) in [5.41, 5.74) is 0.182. The van der Waals surface area contributed by atoms with Crippen LogP contribution in [0, 0.1) is 16.7 Å². The predicted molar refractivity (Wildman–Crippen MR) is 64.7 cm³/mol. The summed E-state index contributed by atoms with van der Waals surface area (Å²) < 4.78 is 0. The van der Waals surface area contributed by atoms with Crippen LogP contribution in [0.25, 0.3) is 0 Å². The molecule has 1 heteroatoms. The molecule has 0 N–H and O–H groups in total. The van der Waals surface area contributed by atoms with Gasteiger partial charge < -0.3 is 0 Å². The van der Waals surface area contributed by atoms with E-state index in [0.717, 1.165) is 25.7 Å². The van der Waals surface area contributed by atoms with Gasteiger partial charge in [0.2, 0.25) is 0 Å².